The lowest BCUT2D eigenvalue weighted by atomic mass is 10.3. The van der Waals surface area contributed by atoms with Gasteiger partial charge in [-0.3, -0.25) is 19.5 Å². The number of ether oxygens (including phenoxy) is 1. The van der Waals surface area contributed by atoms with Crippen LogP contribution < -0.4 is 10.6 Å². The van der Waals surface area contributed by atoms with Crippen LogP contribution in [0.4, 0.5) is 0 Å². The predicted molar refractivity (Wildman–Crippen MR) is 100 cm³/mol. The molecule has 0 aromatic carbocycles. The van der Waals surface area contributed by atoms with Crippen molar-refractivity contribution in [2.24, 2.45) is 4.99 Å². The first kappa shape index (κ1) is 20.4. The van der Waals surface area contributed by atoms with Crippen LogP contribution in [0.3, 0.4) is 0 Å². The topological polar surface area (TPSA) is 89.5 Å². The molecule has 0 atom stereocenters. The van der Waals surface area contributed by atoms with Crippen molar-refractivity contribution in [3.8, 4) is 0 Å². The Hall–Kier alpha value is -1.87. The normalized spacial score (nSPS) is 18.9. The SMILES string of the molecule is CN=C(NCC(=O)NCCOC)N1CCN(CC(=O)N2CCCC2)CC1. The van der Waals surface area contributed by atoms with E-state index in [-0.39, 0.29) is 18.4 Å². The predicted octanol–water partition coefficient (Wildman–Crippen LogP) is -1.44. The summed E-state index contributed by atoms with van der Waals surface area (Å²) in [5.41, 5.74) is 0. The standard InChI is InChI=1S/C17H32N6O3/c1-18-17(20-13-15(24)19-5-12-26-2)23-10-8-21(9-11-23)14-16(25)22-6-3-4-7-22/h3-14H2,1-2H3,(H,18,20)(H,19,24). The third-order valence-corrected chi connectivity index (χ3v) is 4.74. The number of amides is 2. The molecule has 9 nitrogen and oxygen atoms in total. The van der Waals surface area contributed by atoms with Crippen molar-refractivity contribution in [2.75, 3.05) is 79.7 Å². The molecule has 2 aliphatic heterocycles. The summed E-state index contributed by atoms with van der Waals surface area (Å²) in [5, 5.41) is 5.87. The number of carbonyl (C=O) groups is 2. The lowest BCUT2D eigenvalue weighted by molar-refractivity contribution is -0.131. The fourth-order valence-electron chi connectivity index (χ4n) is 3.22. The minimum Gasteiger partial charge on any atom is -0.383 e. The van der Waals surface area contributed by atoms with Crippen LogP contribution in [0.5, 0.6) is 0 Å². The Balaban J connectivity index is 1.68. The second-order valence-corrected chi connectivity index (χ2v) is 6.59. The molecule has 0 bridgehead atoms. The largest absolute Gasteiger partial charge is 0.383 e. The molecule has 0 unspecified atom stereocenters. The molecule has 9 heteroatoms. The van der Waals surface area contributed by atoms with Gasteiger partial charge < -0.3 is 25.2 Å². The summed E-state index contributed by atoms with van der Waals surface area (Å²) in [4.78, 5) is 34.6. The van der Waals surface area contributed by atoms with Gasteiger partial charge in [-0.25, -0.2) is 0 Å². The van der Waals surface area contributed by atoms with Crippen LogP contribution >= 0.6 is 0 Å². The summed E-state index contributed by atoms with van der Waals surface area (Å²) in [7, 11) is 3.32. The summed E-state index contributed by atoms with van der Waals surface area (Å²) in [5.74, 6) is 0.877. The van der Waals surface area contributed by atoms with Gasteiger partial charge in [0.05, 0.1) is 19.7 Å². The summed E-state index contributed by atoms with van der Waals surface area (Å²) in [6, 6.07) is 0. The van der Waals surface area contributed by atoms with E-state index in [9.17, 15) is 9.59 Å². The van der Waals surface area contributed by atoms with Gasteiger partial charge >= 0.3 is 0 Å². The van der Waals surface area contributed by atoms with Crippen LogP contribution in [0, 0.1) is 0 Å². The molecule has 2 N–H and O–H groups in total. The van der Waals surface area contributed by atoms with Gasteiger partial charge in [-0.05, 0) is 12.8 Å². The second-order valence-electron chi connectivity index (χ2n) is 6.59. The van der Waals surface area contributed by atoms with E-state index >= 15 is 0 Å². The highest BCUT2D eigenvalue weighted by Crippen LogP contribution is 2.09. The zero-order valence-electron chi connectivity index (χ0n) is 16.0. The number of hydrogen-bond acceptors (Lipinski definition) is 5. The van der Waals surface area contributed by atoms with E-state index < -0.39 is 0 Å². The van der Waals surface area contributed by atoms with Gasteiger partial charge in [-0.15, -0.1) is 0 Å². The van der Waals surface area contributed by atoms with Crippen LogP contribution in [-0.2, 0) is 14.3 Å². The number of hydrogen-bond donors (Lipinski definition) is 2. The molecule has 148 valence electrons. The molecule has 2 saturated heterocycles. The van der Waals surface area contributed by atoms with Crippen molar-refractivity contribution >= 4 is 17.8 Å². The molecule has 0 aliphatic carbocycles. The Bertz CT molecular complexity index is 485. The Morgan fingerprint density at radius 1 is 1.00 bits per heavy atom. The smallest absolute Gasteiger partial charge is 0.239 e. The van der Waals surface area contributed by atoms with Crippen molar-refractivity contribution in [1.82, 2.24) is 25.3 Å². The first-order valence-electron chi connectivity index (χ1n) is 9.35. The lowest BCUT2D eigenvalue weighted by Crippen LogP contribution is -2.55. The number of aliphatic imine (C=N–C) groups is 1. The van der Waals surface area contributed by atoms with Crippen molar-refractivity contribution in [3.63, 3.8) is 0 Å². The highest BCUT2D eigenvalue weighted by molar-refractivity contribution is 5.86. The van der Waals surface area contributed by atoms with E-state index in [4.69, 9.17) is 4.74 Å². The van der Waals surface area contributed by atoms with Crippen molar-refractivity contribution < 1.29 is 14.3 Å². The molecule has 2 aliphatic rings. The fraction of sp³-hybridized carbons (Fsp3) is 0.824. The van der Waals surface area contributed by atoms with E-state index in [1.54, 1.807) is 14.2 Å². The van der Waals surface area contributed by atoms with Gasteiger partial charge in [0.1, 0.15) is 0 Å². The van der Waals surface area contributed by atoms with Crippen LogP contribution in [0.2, 0.25) is 0 Å². The van der Waals surface area contributed by atoms with Crippen LogP contribution in [0.15, 0.2) is 4.99 Å². The first-order chi connectivity index (χ1) is 12.6. The maximum absolute atomic E-state index is 12.3. The molecule has 0 spiro atoms. The number of carbonyl (C=O) groups excluding carboxylic acids is 2. The average Bonchev–Trinajstić information content (AvgIpc) is 3.18. The number of methoxy groups -OCH3 is 1. The molecule has 0 aromatic rings. The van der Waals surface area contributed by atoms with Crippen LogP contribution in [-0.4, -0.2) is 112 Å². The van der Waals surface area contributed by atoms with E-state index in [1.165, 1.54) is 0 Å². The van der Waals surface area contributed by atoms with Gasteiger partial charge in [0, 0.05) is 60.0 Å². The van der Waals surface area contributed by atoms with Crippen LogP contribution in [0.1, 0.15) is 12.8 Å². The minimum absolute atomic E-state index is 0.0851. The third kappa shape index (κ3) is 6.45. The molecule has 2 heterocycles. The molecule has 0 radical (unpaired) electrons. The van der Waals surface area contributed by atoms with Gasteiger partial charge in [0.15, 0.2) is 5.96 Å². The average molecular weight is 368 g/mol. The number of piperazine rings is 1. The van der Waals surface area contributed by atoms with E-state index in [0.717, 1.165) is 58.1 Å². The molecule has 26 heavy (non-hydrogen) atoms. The maximum Gasteiger partial charge on any atom is 0.239 e. The molecule has 2 amide bonds. The number of nitrogens with zero attached hydrogens (tertiary/aromatic N) is 4. The number of likely N-dealkylation sites (tertiary alicyclic amines) is 1. The molecular formula is C17H32N6O3. The summed E-state index contributed by atoms with van der Waals surface area (Å²) >= 11 is 0. The van der Waals surface area contributed by atoms with Crippen molar-refractivity contribution in [3.05, 3.63) is 0 Å². The summed E-state index contributed by atoms with van der Waals surface area (Å²) < 4.78 is 4.91. The fourth-order valence-corrected chi connectivity index (χ4v) is 3.22. The second kappa shape index (κ2) is 11.0. The van der Waals surface area contributed by atoms with Crippen LogP contribution in [0.25, 0.3) is 0 Å². The van der Waals surface area contributed by atoms with Gasteiger partial charge in [-0.2, -0.15) is 0 Å². The van der Waals surface area contributed by atoms with E-state index in [0.29, 0.717) is 19.7 Å². The van der Waals surface area contributed by atoms with Gasteiger partial charge in [-0.1, -0.05) is 0 Å². The Morgan fingerprint density at radius 2 is 1.69 bits per heavy atom. The number of nitrogens with one attached hydrogen (secondary N) is 2. The van der Waals surface area contributed by atoms with E-state index in [1.807, 2.05) is 4.90 Å². The Labute approximate surface area is 155 Å². The minimum atomic E-state index is -0.0851. The molecule has 2 fully saturated rings. The zero-order valence-corrected chi connectivity index (χ0v) is 16.0. The monoisotopic (exact) mass is 368 g/mol. The van der Waals surface area contributed by atoms with Gasteiger partial charge in [0.25, 0.3) is 0 Å². The molecule has 0 aromatic heterocycles. The third-order valence-electron chi connectivity index (χ3n) is 4.74. The highest BCUT2D eigenvalue weighted by atomic mass is 16.5. The van der Waals surface area contributed by atoms with Crippen molar-refractivity contribution in [1.29, 1.82) is 0 Å². The molecule has 2 rings (SSSR count). The zero-order chi connectivity index (χ0) is 18.8. The van der Waals surface area contributed by atoms with E-state index in [2.05, 4.69) is 25.4 Å². The Kier molecular flexibility index (Phi) is 8.63. The summed E-state index contributed by atoms with van der Waals surface area (Å²) in [6.45, 7) is 6.71. The summed E-state index contributed by atoms with van der Waals surface area (Å²) in [6.07, 6.45) is 2.25. The highest BCUT2D eigenvalue weighted by Gasteiger charge is 2.24. The van der Waals surface area contributed by atoms with Crippen molar-refractivity contribution in [2.45, 2.75) is 12.8 Å². The Morgan fingerprint density at radius 3 is 2.31 bits per heavy atom. The first-order valence-corrected chi connectivity index (χ1v) is 9.35. The quantitative estimate of drug-likeness (QED) is 0.325. The molecular weight excluding hydrogens is 336 g/mol. The number of guanidine groups is 1. The van der Waals surface area contributed by atoms with Gasteiger partial charge in [0.2, 0.25) is 11.8 Å². The maximum atomic E-state index is 12.3. The number of rotatable bonds is 7. The molecule has 0 saturated carbocycles. The lowest BCUT2D eigenvalue weighted by Gasteiger charge is -2.36.